The number of hydrogen-bond donors (Lipinski definition) is 3. The van der Waals surface area contributed by atoms with Gasteiger partial charge < -0.3 is 26.0 Å². The average Bonchev–Trinajstić information content (AvgIpc) is 2.93. The van der Waals surface area contributed by atoms with Crippen molar-refractivity contribution in [2.75, 3.05) is 13.1 Å². The molecule has 0 saturated carbocycles. The van der Waals surface area contributed by atoms with E-state index in [1.54, 1.807) is 42.2 Å². The van der Waals surface area contributed by atoms with Gasteiger partial charge in [0.15, 0.2) is 0 Å². The molecular formula is C29H29ClN4O5. The number of primary amides is 1. The van der Waals surface area contributed by atoms with Gasteiger partial charge in [0.25, 0.3) is 11.8 Å². The highest BCUT2D eigenvalue weighted by molar-refractivity contribution is 6.34. The molecule has 0 fully saturated rings. The molecule has 0 aliphatic carbocycles. The summed E-state index contributed by atoms with van der Waals surface area (Å²) in [5.74, 6) is -1.60. The second-order valence-corrected chi connectivity index (χ2v) is 9.67. The van der Waals surface area contributed by atoms with Crippen molar-refractivity contribution in [3.63, 3.8) is 0 Å². The number of carbonyl (C=O) groups is 4. The Kier molecular flexibility index (Phi) is 8.83. The van der Waals surface area contributed by atoms with Crippen LogP contribution in [0.3, 0.4) is 0 Å². The van der Waals surface area contributed by atoms with Gasteiger partial charge in [-0.3, -0.25) is 9.59 Å². The predicted octanol–water partition coefficient (Wildman–Crippen LogP) is 3.36. The van der Waals surface area contributed by atoms with E-state index in [9.17, 15) is 19.2 Å². The van der Waals surface area contributed by atoms with Gasteiger partial charge in [0.2, 0.25) is 0 Å². The Hall–Kier alpha value is -4.37. The van der Waals surface area contributed by atoms with Crippen molar-refractivity contribution < 1.29 is 23.9 Å². The van der Waals surface area contributed by atoms with Gasteiger partial charge in [-0.05, 0) is 47.7 Å². The smallest absolute Gasteiger partial charge is 0.330 e. The van der Waals surface area contributed by atoms with Crippen molar-refractivity contribution in [3.05, 3.63) is 105 Å². The summed E-state index contributed by atoms with van der Waals surface area (Å²) in [4.78, 5) is 52.2. The van der Waals surface area contributed by atoms with Crippen molar-refractivity contribution in [3.8, 4) is 0 Å². The Balaban J connectivity index is 1.47. The van der Waals surface area contributed by atoms with Gasteiger partial charge in [0.1, 0.15) is 12.6 Å². The summed E-state index contributed by atoms with van der Waals surface area (Å²) >= 11 is 6.49. The minimum absolute atomic E-state index is 0.0137. The lowest BCUT2D eigenvalue weighted by molar-refractivity contribution is -0.147. The number of rotatable bonds is 8. The summed E-state index contributed by atoms with van der Waals surface area (Å²) in [6.07, 6.45) is 0.760. The van der Waals surface area contributed by atoms with Crippen LogP contribution in [0.1, 0.15) is 43.0 Å². The number of nitrogens with zero attached hydrogens (tertiary/aromatic N) is 1. The molecule has 0 spiro atoms. The van der Waals surface area contributed by atoms with E-state index < -0.39 is 23.9 Å². The summed E-state index contributed by atoms with van der Waals surface area (Å²) in [5, 5.41) is 4.95. The number of urea groups is 1. The second kappa shape index (κ2) is 12.4. The normalized spacial score (nSPS) is 13.1. The highest BCUT2D eigenvalue weighted by atomic mass is 35.5. The van der Waals surface area contributed by atoms with Crippen LogP contribution in [0.15, 0.2) is 66.7 Å². The van der Waals surface area contributed by atoms with Gasteiger partial charge in [0, 0.05) is 18.7 Å². The maximum Gasteiger partial charge on any atom is 0.330 e. The van der Waals surface area contributed by atoms with E-state index in [4.69, 9.17) is 22.1 Å². The molecule has 1 aliphatic rings. The summed E-state index contributed by atoms with van der Waals surface area (Å²) in [6.45, 7) is 2.44. The van der Waals surface area contributed by atoms with Gasteiger partial charge in [-0.1, -0.05) is 66.2 Å². The molecule has 0 saturated heterocycles. The summed E-state index contributed by atoms with van der Waals surface area (Å²) in [7, 11) is 0. The van der Waals surface area contributed by atoms with Gasteiger partial charge in [0.05, 0.1) is 17.1 Å². The van der Waals surface area contributed by atoms with Crippen LogP contribution in [0, 0.1) is 6.92 Å². The molecule has 10 heteroatoms. The zero-order valence-corrected chi connectivity index (χ0v) is 22.2. The molecule has 0 bridgehead atoms. The quantitative estimate of drug-likeness (QED) is 0.372. The highest BCUT2D eigenvalue weighted by Crippen LogP contribution is 2.26. The Morgan fingerprint density at radius 1 is 1.03 bits per heavy atom. The van der Waals surface area contributed by atoms with Crippen LogP contribution in [-0.4, -0.2) is 47.8 Å². The Labute approximate surface area is 231 Å². The molecule has 1 atom stereocenters. The maximum atomic E-state index is 13.3. The van der Waals surface area contributed by atoms with Gasteiger partial charge in [-0.25, -0.2) is 9.59 Å². The van der Waals surface area contributed by atoms with Gasteiger partial charge in [-0.2, -0.15) is 0 Å². The number of aryl methyl sites for hydroxylation is 1. The van der Waals surface area contributed by atoms with Crippen molar-refractivity contribution >= 4 is 35.4 Å². The molecule has 3 aromatic carbocycles. The highest BCUT2D eigenvalue weighted by Gasteiger charge is 2.27. The zero-order valence-electron chi connectivity index (χ0n) is 21.4. The molecule has 0 unspecified atom stereocenters. The third-order valence-electron chi connectivity index (χ3n) is 6.47. The molecule has 3 aromatic rings. The number of fused-ring (bicyclic) bond motifs is 1. The number of carbonyl (C=O) groups excluding carboxylic acids is 4. The first kappa shape index (κ1) is 27.7. The average molecular weight is 549 g/mol. The van der Waals surface area contributed by atoms with Crippen molar-refractivity contribution in [1.29, 1.82) is 0 Å². The van der Waals surface area contributed by atoms with E-state index in [0.29, 0.717) is 24.2 Å². The third-order valence-corrected chi connectivity index (χ3v) is 6.77. The van der Waals surface area contributed by atoms with E-state index in [1.165, 1.54) is 11.6 Å². The largest absolute Gasteiger partial charge is 0.459 e. The standard InChI is InChI=1S/C29H29ClN4O5/c1-18-13-22(27(36)34-12-11-20-9-5-6-10-21(20)16-34)14-23(30)25(18)26(35)33-24(15-32-29(31)38)28(37)39-17-19-7-3-2-4-8-19/h2-10,13-14,24H,11-12,15-17H2,1H3,(H,33,35)(H3,31,32,38)/t24-/m0/s1. The fraction of sp³-hybridized carbons (Fsp3) is 0.241. The van der Waals surface area contributed by atoms with Crippen LogP contribution < -0.4 is 16.4 Å². The molecule has 0 aromatic heterocycles. The predicted molar refractivity (Wildman–Crippen MR) is 146 cm³/mol. The Morgan fingerprint density at radius 2 is 1.72 bits per heavy atom. The zero-order chi connectivity index (χ0) is 27.9. The minimum atomic E-state index is -1.22. The lowest BCUT2D eigenvalue weighted by Gasteiger charge is -2.29. The first-order chi connectivity index (χ1) is 18.7. The maximum absolute atomic E-state index is 13.3. The molecule has 202 valence electrons. The number of hydrogen-bond acceptors (Lipinski definition) is 5. The Morgan fingerprint density at radius 3 is 2.41 bits per heavy atom. The summed E-state index contributed by atoms with van der Waals surface area (Å²) in [6, 6.07) is 18.0. The monoisotopic (exact) mass is 548 g/mol. The number of benzene rings is 3. The van der Waals surface area contributed by atoms with Crippen LogP contribution in [-0.2, 0) is 29.1 Å². The number of nitrogens with one attached hydrogen (secondary N) is 2. The molecule has 4 N–H and O–H groups in total. The minimum Gasteiger partial charge on any atom is -0.459 e. The molecule has 1 aliphatic heterocycles. The first-order valence-electron chi connectivity index (χ1n) is 12.4. The van der Waals surface area contributed by atoms with E-state index in [2.05, 4.69) is 16.7 Å². The molecule has 9 nitrogen and oxygen atoms in total. The molecule has 39 heavy (non-hydrogen) atoms. The Bertz CT molecular complexity index is 1370. The molecular weight excluding hydrogens is 520 g/mol. The fourth-order valence-corrected chi connectivity index (χ4v) is 4.81. The van der Waals surface area contributed by atoms with Gasteiger partial charge in [-0.15, -0.1) is 0 Å². The van der Waals surface area contributed by atoms with Crippen LogP contribution >= 0.6 is 11.6 Å². The summed E-state index contributed by atoms with van der Waals surface area (Å²) < 4.78 is 5.33. The van der Waals surface area contributed by atoms with Crippen molar-refractivity contribution in [2.45, 2.75) is 32.5 Å². The fourth-order valence-electron chi connectivity index (χ4n) is 4.46. The number of esters is 1. The SMILES string of the molecule is Cc1cc(C(=O)N2CCc3ccccc3C2)cc(Cl)c1C(=O)N[C@@H](CNC(N)=O)C(=O)OCc1ccccc1. The topological polar surface area (TPSA) is 131 Å². The van der Waals surface area contributed by atoms with E-state index in [0.717, 1.165) is 17.5 Å². The molecule has 4 amide bonds. The lowest BCUT2D eigenvalue weighted by Crippen LogP contribution is -2.50. The number of nitrogens with two attached hydrogens (primary N) is 1. The van der Waals surface area contributed by atoms with E-state index >= 15 is 0 Å². The lowest BCUT2D eigenvalue weighted by atomic mass is 9.98. The molecule has 4 rings (SSSR count). The van der Waals surface area contributed by atoms with Gasteiger partial charge >= 0.3 is 12.0 Å². The number of amides is 4. The number of halogens is 1. The van der Waals surface area contributed by atoms with E-state index in [1.807, 2.05) is 24.3 Å². The second-order valence-electron chi connectivity index (χ2n) is 9.26. The van der Waals surface area contributed by atoms with Crippen LogP contribution in [0.4, 0.5) is 4.79 Å². The first-order valence-corrected chi connectivity index (χ1v) is 12.8. The van der Waals surface area contributed by atoms with Crippen molar-refractivity contribution in [2.24, 2.45) is 5.73 Å². The molecule has 0 radical (unpaired) electrons. The molecule has 1 heterocycles. The van der Waals surface area contributed by atoms with Crippen molar-refractivity contribution in [1.82, 2.24) is 15.5 Å². The summed E-state index contributed by atoms with van der Waals surface area (Å²) in [5.41, 5.74) is 9.18. The van der Waals surface area contributed by atoms with Crippen LogP contribution in [0.5, 0.6) is 0 Å². The third kappa shape index (κ3) is 6.94. The van der Waals surface area contributed by atoms with Crippen LogP contribution in [0.2, 0.25) is 5.02 Å². The number of ether oxygens (including phenoxy) is 1. The van der Waals surface area contributed by atoms with E-state index in [-0.39, 0.29) is 29.6 Å². The van der Waals surface area contributed by atoms with Crippen LogP contribution in [0.25, 0.3) is 0 Å².